The molecule has 6 heteroatoms. The van der Waals surface area contributed by atoms with Crippen molar-refractivity contribution >= 4 is 23.7 Å². The van der Waals surface area contributed by atoms with Gasteiger partial charge in [0, 0.05) is 11.3 Å². The normalized spacial score (nSPS) is 11.0. The molecule has 1 aromatic heterocycles. The summed E-state index contributed by atoms with van der Waals surface area (Å²) in [5, 5.41) is 9.18. The van der Waals surface area contributed by atoms with Gasteiger partial charge in [0.2, 0.25) is 5.91 Å². The fourth-order valence-electron chi connectivity index (χ4n) is 0.519. The zero-order valence-electron chi connectivity index (χ0n) is 7.39. The lowest BCUT2D eigenvalue weighted by atomic mass is 10.2. The highest BCUT2D eigenvalue weighted by atomic mass is 32.1. The van der Waals surface area contributed by atoms with Crippen LogP contribution in [0.4, 0.5) is 0 Å². The first kappa shape index (κ1) is 9.79. The van der Waals surface area contributed by atoms with E-state index in [9.17, 15) is 4.79 Å². The molecule has 70 valence electrons. The van der Waals surface area contributed by atoms with Crippen LogP contribution in [0.1, 0.15) is 19.5 Å². The molecule has 1 rings (SSSR count). The van der Waals surface area contributed by atoms with Gasteiger partial charge in [-0.15, -0.1) is 5.10 Å². The Hall–Kier alpha value is -1.30. The van der Waals surface area contributed by atoms with Gasteiger partial charge in [-0.1, -0.05) is 18.3 Å². The van der Waals surface area contributed by atoms with E-state index in [4.69, 9.17) is 0 Å². The van der Waals surface area contributed by atoms with Gasteiger partial charge in [0.05, 0.1) is 6.21 Å². The van der Waals surface area contributed by atoms with Gasteiger partial charge < -0.3 is 0 Å². The van der Waals surface area contributed by atoms with Crippen LogP contribution in [0.3, 0.4) is 0 Å². The molecule has 0 unspecified atom stereocenters. The van der Waals surface area contributed by atoms with Gasteiger partial charge in [-0.2, -0.15) is 5.10 Å². The zero-order chi connectivity index (χ0) is 9.68. The molecular weight excluding hydrogens is 188 g/mol. The minimum Gasteiger partial charge on any atom is -0.273 e. The first-order valence-electron chi connectivity index (χ1n) is 3.80. The molecule has 0 aliphatic rings. The molecule has 0 saturated heterocycles. The Morgan fingerprint density at radius 1 is 1.77 bits per heavy atom. The fraction of sp³-hybridized carbons (Fsp3) is 0.429. The van der Waals surface area contributed by atoms with Gasteiger partial charge in [-0.05, 0) is 11.5 Å². The maximum Gasteiger partial charge on any atom is 0.242 e. The molecule has 5 nitrogen and oxygen atoms in total. The molecular formula is C7H10N4OS. The van der Waals surface area contributed by atoms with E-state index < -0.39 is 0 Å². The molecule has 0 aliphatic heterocycles. The Morgan fingerprint density at radius 3 is 3.08 bits per heavy atom. The number of carbonyl (C=O) groups is 1. The van der Waals surface area contributed by atoms with Crippen LogP contribution in [-0.2, 0) is 4.79 Å². The summed E-state index contributed by atoms with van der Waals surface area (Å²) in [6.07, 6.45) is 1.46. The molecule has 0 radical (unpaired) electrons. The van der Waals surface area contributed by atoms with E-state index in [1.54, 1.807) is 19.2 Å². The number of aromatic nitrogens is 2. The van der Waals surface area contributed by atoms with Crippen molar-refractivity contribution in [3.8, 4) is 0 Å². The molecule has 0 aromatic carbocycles. The van der Waals surface area contributed by atoms with E-state index in [0.717, 1.165) is 0 Å². The highest BCUT2D eigenvalue weighted by Crippen LogP contribution is 1.93. The molecule has 0 spiro atoms. The maximum absolute atomic E-state index is 11.0. The van der Waals surface area contributed by atoms with Crippen LogP contribution in [0.2, 0.25) is 0 Å². The van der Waals surface area contributed by atoms with E-state index in [1.807, 2.05) is 0 Å². The van der Waals surface area contributed by atoms with E-state index >= 15 is 0 Å². The number of rotatable bonds is 3. The number of nitrogens with one attached hydrogen (secondary N) is 1. The zero-order valence-corrected chi connectivity index (χ0v) is 8.21. The van der Waals surface area contributed by atoms with Crippen molar-refractivity contribution in [2.45, 2.75) is 13.8 Å². The van der Waals surface area contributed by atoms with Crippen molar-refractivity contribution in [2.75, 3.05) is 0 Å². The van der Waals surface area contributed by atoms with Crippen LogP contribution in [0, 0.1) is 5.92 Å². The summed E-state index contributed by atoms with van der Waals surface area (Å²) in [4.78, 5) is 11.0. The summed E-state index contributed by atoms with van der Waals surface area (Å²) in [5.74, 6) is -0.176. The summed E-state index contributed by atoms with van der Waals surface area (Å²) < 4.78 is 3.64. The molecule has 0 fully saturated rings. The molecule has 1 N–H and O–H groups in total. The monoisotopic (exact) mass is 198 g/mol. The highest BCUT2D eigenvalue weighted by molar-refractivity contribution is 7.03. The Labute approximate surface area is 80.0 Å². The predicted octanol–water partition coefficient (Wildman–Crippen LogP) is 0.644. The smallest absolute Gasteiger partial charge is 0.242 e. The van der Waals surface area contributed by atoms with Crippen LogP contribution in [0.5, 0.6) is 0 Å². The molecule has 0 atom stereocenters. The highest BCUT2D eigenvalue weighted by Gasteiger charge is 2.03. The minimum absolute atomic E-state index is 0.0642. The van der Waals surface area contributed by atoms with Crippen LogP contribution in [0.25, 0.3) is 0 Å². The van der Waals surface area contributed by atoms with Crippen molar-refractivity contribution < 1.29 is 4.79 Å². The van der Waals surface area contributed by atoms with E-state index in [0.29, 0.717) is 5.69 Å². The van der Waals surface area contributed by atoms with E-state index in [-0.39, 0.29) is 11.8 Å². The van der Waals surface area contributed by atoms with Crippen molar-refractivity contribution in [1.29, 1.82) is 0 Å². The molecule has 1 amide bonds. The van der Waals surface area contributed by atoms with Crippen LogP contribution >= 0.6 is 11.5 Å². The second-order valence-corrected chi connectivity index (χ2v) is 3.33. The van der Waals surface area contributed by atoms with Crippen LogP contribution in [0.15, 0.2) is 10.5 Å². The molecule has 13 heavy (non-hydrogen) atoms. The van der Waals surface area contributed by atoms with Gasteiger partial charge in [0.25, 0.3) is 0 Å². The predicted molar refractivity (Wildman–Crippen MR) is 50.5 cm³/mol. The third kappa shape index (κ3) is 3.29. The fourth-order valence-corrected chi connectivity index (χ4v) is 0.924. The lowest BCUT2D eigenvalue weighted by Crippen LogP contribution is -2.22. The van der Waals surface area contributed by atoms with Crippen molar-refractivity contribution in [3.05, 3.63) is 11.1 Å². The van der Waals surface area contributed by atoms with Gasteiger partial charge in [-0.3, -0.25) is 4.79 Å². The molecule has 0 saturated carbocycles. The van der Waals surface area contributed by atoms with E-state index in [1.165, 1.54) is 17.7 Å². The lowest BCUT2D eigenvalue weighted by Gasteiger charge is -2.00. The summed E-state index contributed by atoms with van der Waals surface area (Å²) in [7, 11) is 0. The average molecular weight is 198 g/mol. The Bertz CT molecular complexity index is 293. The Balaban J connectivity index is 2.39. The molecule has 1 aromatic rings. The molecule has 0 bridgehead atoms. The third-order valence-electron chi connectivity index (χ3n) is 1.27. The number of nitrogens with zero attached hydrogens (tertiary/aromatic N) is 3. The number of hydrazone groups is 1. The summed E-state index contributed by atoms with van der Waals surface area (Å²) in [6, 6.07) is 0. The van der Waals surface area contributed by atoms with Crippen LogP contribution < -0.4 is 5.43 Å². The van der Waals surface area contributed by atoms with Gasteiger partial charge in [0.1, 0.15) is 5.69 Å². The SMILES string of the molecule is CC(C)C(=O)N/N=C/c1csnn1. The Kier molecular flexibility index (Phi) is 3.51. The van der Waals surface area contributed by atoms with Gasteiger partial charge in [-0.25, -0.2) is 5.43 Å². The lowest BCUT2D eigenvalue weighted by molar-refractivity contribution is -0.123. The number of hydrogen-bond acceptors (Lipinski definition) is 5. The average Bonchev–Trinajstić information content (AvgIpc) is 2.56. The van der Waals surface area contributed by atoms with E-state index in [2.05, 4.69) is 20.1 Å². The van der Waals surface area contributed by atoms with Crippen molar-refractivity contribution in [3.63, 3.8) is 0 Å². The van der Waals surface area contributed by atoms with Gasteiger partial charge >= 0.3 is 0 Å². The number of amides is 1. The summed E-state index contributed by atoms with van der Waals surface area (Å²) in [6.45, 7) is 3.60. The third-order valence-corrected chi connectivity index (χ3v) is 1.80. The first-order valence-corrected chi connectivity index (χ1v) is 4.64. The minimum atomic E-state index is -0.112. The second kappa shape index (κ2) is 4.66. The second-order valence-electron chi connectivity index (χ2n) is 2.72. The maximum atomic E-state index is 11.0. The van der Waals surface area contributed by atoms with Crippen molar-refractivity contribution in [1.82, 2.24) is 15.0 Å². The molecule has 1 heterocycles. The van der Waals surface area contributed by atoms with Crippen LogP contribution in [-0.4, -0.2) is 21.7 Å². The number of carbonyl (C=O) groups excluding carboxylic acids is 1. The topological polar surface area (TPSA) is 67.2 Å². The molecule has 0 aliphatic carbocycles. The summed E-state index contributed by atoms with van der Waals surface area (Å²) in [5.41, 5.74) is 3.04. The first-order chi connectivity index (χ1) is 6.20. The quantitative estimate of drug-likeness (QED) is 0.572. The van der Waals surface area contributed by atoms with Crippen molar-refractivity contribution in [2.24, 2.45) is 11.0 Å². The standard InChI is InChI=1S/C7H10N4OS/c1-5(2)7(12)10-8-3-6-4-13-11-9-6/h3-5H,1-2H3,(H,10,12)/b8-3+. The largest absolute Gasteiger partial charge is 0.273 e. The van der Waals surface area contributed by atoms with Gasteiger partial charge in [0.15, 0.2) is 0 Å². The summed E-state index contributed by atoms with van der Waals surface area (Å²) >= 11 is 1.24. The Morgan fingerprint density at radius 2 is 2.54 bits per heavy atom. The number of hydrogen-bond donors (Lipinski definition) is 1.